The predicted molar refractivity (Wildman–Crippen MR) is 86.0 cm³/mol. The van der Waals surface area contributed by atoms with Crippen LogP contribution in [-0.4, -0.2) is 5.91 Å². The minimum Gasteiger partial charge on any atom is -0.345 e. The summed E-state index contributed by atoms with van der Waals surface area (Å²) in [5.74, 6) is -0.228. The van der Waals surface area contributed by atoms with Crippen LogP contribution in [0.15, 0.2) is 47.4 Å². The average molecular weight is 326 g/mol. The van der Waals surface area contributed by atoms with Gasteiger partial charge in [0.25, 0.3) is 5.91 Å². The van der Waals surface area contributed by atoms with Gasteiger partial charge in [0.15, 0.2) is 0 Å². The summed E-state index contributed by atoms with van der Waals surface area (Å²) in [6.07, 6.45) is 0. The Morgan fingerprint density at radius 1 is 1.15 bits per heavy atom. The highest BCUT2D eigenvalue weighted by atomic mass is 35.5. The van der Waals surface area contributed by atoms with Gasteiger partial charge in [-0.05, 0) is 42.8 Å². The molecule has 0 saturated heterocycles. The molecular weight excluding hydrogens is 313 g/mol. The fourth-order valence-electron chi connectivity index (χ4n) is 1.80. The summed E-state index contributed by atoms with van der Waals surface area (Å²) in [5.41, 5.74) is 1.39. The Morgan fingerprint density at radius 2 is 1.80 bits per heavy atom. The molecule has 2 nitrogen and oxygen atoms in total. The lowest BCUT2D eigenvalue weighted by Gasteiger charge is -2.15. The normalized spacial score (nSPS) is 12.0. The van der Waals surface area contributed by atoms with Gasteiger partial charge in [-0.15, -0.1) is 12.6 Å². The standard InChI is InChI=1S/C15H13Cl2NOS/c1-9(10-2-4-11(16)5-3-10)18-15(19)13-8-12(20)6-7-14(13)17/h2-9,20H,1H3,(H,18,19). The van der Waals surface area contributed by atoms with Gasteiger partial charge in [0.05, 0.1) is 16.6 Å². The van der Waals surface area contributed by atoms with Gasteiger partial charge < -0.3 is 5.32 Å². The van der Waals surface area contributed by atoms with Crippen molar-refractivity contribution in [2.45, 2.75) is 17.9 Å². The van der Waals surface area contributed by atoms with E-state index in [1.54, 1.807) is 30.3 Å². The van der Waals surface area contributed by atoms with Gasteiger partial charge in [-0.1, -0.05) is 35.3 Å². The first-order chi connectivity index (χ1) is 9.47. The second-order valence-corrected chi connectivity index (χ2v) is 5.77. The maximum absolute atomic E-state index is 12.2. The van der Waals surface area contributed by atoms with E-state index in [9.17, 15) is 4.79 Å². The molecule has 2 rings (SSSR count). The lowest BCUT2D eigenvalue weighted by atomic mass is 10.1. The molecule has 0 aliphatic carbocycles. The van der Waals surface area contributed by atoms with E-state index in [2.05, 4.69) is 17.9 Å². The predicted octanol–water partition coefficient (Wildman–Crippen LogP) is 4.77. The molecular formula is C15H13Cl2NOS. The number of carbonyl (C=O) groups is 1. The average Bonchev–Trinajstić information content (AvgIpc) is 2.42. The summed E-state index contributed by atoms with van der Waals surface area (Å²) in [4.78, 5) is 12.9. The summed E-state index contributed by atoms with van der Waals surface area (Å²) in [6.45, 7) is 1.90. The SMILES string of the molecule is CC(NC(=O)c1cc(S)ccc1Cl)c1ccc(Cl)cc1. The van der Waals surface area contributed by atoms with E-state index in [4.69, 9.17) is 23.2 Å². The largest absolute Gasteiger partial charge is 0.345 e. The Balaban J connectivity index is 2.15. The summed E-state index contributed by atoms with van der Waals surface area (Å²) in [5, 5.41) is 3.97. The lowest BCUT2D eigenvalue weighted by Crippen LogP contribution is -2.26. The molecule has 0 fully saturated rings. The minimum atomic E-state index is -0.228. The van der Waals surface area contributed by atoms with E-state index in [1.165, 1.54) is 0 Å². The van der Waals surface area contributed by atoms with Crippen molar-refractivity contribution < 1.29 is 4.79 Å². The quantitative estimate of drug-likeness (QED) is 0.782. The third-order valence-corrected chi connectivity index (χ3v) is 3.77. The molecule has 1 atom stereocenters. The Labute approximate surface area is 133 Å². The smallest absolute Gasteiger partial charge is 0.253 e. The number of halogens is 2. The number of hydrogen-bond donors (Lipinski definition) is 2. The van der Waals surface area contributed by atoms with Gasteiger partial charge in [-0.2, -0.15) is 0 Å². The number of carbonyl (C=O) groups excluding carboxylic acids is 1. The Bertz CT molecular complexity index is 628. The minimum absolute atomic E-state index is 0.139. The van der Waals surface area contributed by atoms with Crippen molar-refractivity contribution in [3.8, 4) is 0 Å². The molecule has 20 heavy (non-hydrogen) atoms. The molecule has 0 saturated carbocycles. The van der Waals surface area contributed by atoms with Crippen LogP contribution in [0.1, 0.15) is 28.9 Å². The Morgan fingerprint density at radius 3 is 2.45 bits per heavy atom. The summed E-state index contributed by atoms with van der Waals surface area (Å²) >= 11 is 16.1. The fraction of sp³-hybridized carbons (Fsp3) is 0.133. The van der Waals surface area contributed by atoms with Gasteiger partial charge in [0, 0.05) is 9.92 Å². The third-order valence-electron chi connectivity index (χ3n) is 2.91. The topological polar surface area (TPSA) is 29.1 Å². The fourth-order valence-corrected chi connectivity index (χ4v) is 2.33. The molecule has 1 amide bonds. The van der Waals surface area contributed by atoms with Crippen LogP contribution < -0.4 is 5.32 Å². The van der Waals surface area contributed by atoms with Gasteiger partial charge in [-0.25, -0.2) is 0 Å². The molecule has 0 radical (unpaired) electrons. The van der Waals surface area contributed by atoms with E-state index in [0.717, 1.165) is 5.56 Å². The number of benzene rings is 2. The highest BCUT2D eigenvalue weighted by Crippen LogP contribution is 2.21. The zero-order valence-corrected chi connectivity index (χ0v) is 13.1. The van der Waals surface area contributed by atoms with Crippen molar-refractivity contribution in [2.24, 2.45) is 0 Å². The summed E-state index contributed by atoms with van der Waals surface area (Å²) in [7, 11) is 0. The van der Waals surface area contributed by atoms with Gasteiger partial charge >= 0.3 is 0 Å². The number of hydrogen-bond acceptors (Lipinski definition) is 2. The van der Waals surface area contributed by atoms with Crippen molar-refractivity contribution >= 4 is 41.7 Å². The van der Waals surface area contributed by atoms with E-state index in [-0.39, 0.29) is 11.9 Å². The van der Waals surface area contributed by atoms with Crippen molar-refractivity contribution in [3.05, 3.63) is 63.6 Å². The zero-order valence-electron chi connectivity index (χ0n) is 10.7. The van der Waals surface area contributed by atoms with Crippen molar-refractivity contribution in [1.82, 2.24) is 5.32 Å². The van der Waals surface area contributed by atoms with E-state index in [1.807, 2.05) is 19.1 Å². The molecule has 0 aromatic heterocycles. The summed E-state index contributed by atoms with van der Waals surface area (Å²) in [6, 6.07) is 12.3. The van der Waals surface area contributed by atoms with Crippen LogP contribution in [0, 0.1) is 0 Å². The molecule has 0 heterocycles. The molecule has 1 unspecified atom stereocenters. The first-order valence-corrected chi connectivity index (χ1v) is 7.22. The number of amides is 1. The van der Waals surface area contributed by atoms with Crippen LogP contribution in [0.5, 0.6) is 0 Å². The second-order valence-electron chi connectivity index (χ2n) is 4.41. The van der Waals surface area contributed by atoms with Crippen LogP contribution >= 0.6 is 35.8 Å². The van der Waals surface area contributed by atoms with Crippen LogP contribution in [-0.2, 0) is 0 Å². The molecule has 104 valence electrons. The molecule has 0 aliphatic rings. The second kappa shape index (κ2) is 6.53. The number of thiol groups is 1. The maximum Gasteiger partial charge on any atom is 0.253 e. The maximum atomic E-state index is 12.2. The molecule has 0 bridgehead atoms. The van der Waals surface area contributed by atoms with E-state index >= 15 is 0 Å². The highest BCUT2D eigenvalue weighted by molar-refractivity contribution is 7.80. The molecule has 0 spiro atoms. The molecule has 5 heteroatoms. The van der Waals surface area contributed by atoms with Crippen molar-refractivity contribution in [3.63, 3.8) is 0 Å². The van der Waals surface area contributed by atoms with Crippen LogP contribution in [0.3, 0.4) is 0 Å². The molecule has 1 N–H and O–H groups in total. The molecule has 2 aromatic rings. The Hall–Kier alpha value is -1.16. The number of rotatable bonds is 3. The van der Waals surface area contributed by atoms with Gasteiger partial charge in [0.1, 0.15) is 0 Å². The Kier molecular flexibility index (Phi) is 4.97. The zero-order chi connectivity index (χ0) is 14.7. The van der Waals surface area contributed by atoms with Crippen LogP contribution in [0.25, 0.3) is 0 Å². The van der Waals surface area contributed by atoms with Crippen LogP contribution in [0.4, 0.5) is 0 Å². The van der Waals surface area contributed by atoms with E-state index in [0.29, 0.717) is 20.5 Å². The molecule has 0 aliphatic heterocycles. The van der Waals surface area contributed by atoms with Gasteiger partial charge in [-0.3, -0.25) is 4.79 Å². The monoisotopic (exact) mass is 325 g/mol. The summed E-state index contributed by atoms with van der Waals surface area (Å²) < 4.78 is 0. The third kappa shape index (κ3) is 3.69. The van der Waals surface area contributed by atoms with Crippen molar-refractivity contribution in [2.75, 3.05) is 0 Å². The highest BCUT2D eigenvalue weighted by Gasteiger charge is 2.14. The number of nitrogens with one attached hydrogen (secondary N) is 1. The van der Waals surface area contributed by atoms with E-state index < -0.39 is 0 Å². The first kappa shape index (κ1) is 15.2. The first-order valence-electron chi connectivity index (χ1n) is 6.02. The van der Waals surface area contributed by atoms with Gasteiger partial charge in [0.2, 0.25) is 0 Å². The molecule has 2 aromatic carbocycles. The van der Waals surface area contributed by atoms with Crippen molar-refractivity contribution in [1.29, 1.82) is 0 Å². The lowest BCUT2D eigenvalue weighted by molar-refractivity contribution is 0.0940. The van der Waals surface area contributed by atoms with Crippen LogP contribution in [0.2, 0.25) is 10.0 Å².